The molecule has 0 saturated carbocycles. The van der Waals surface area contributed by atoms with E-state index in [0.29, 0.717) is 5.78 Å². The van der Waals surface area contributed by atoms with Gasteiger partial charge in [-0.05, 0) is 5.56 Å². The van der Waals surface area contributed by atoms with Crippen LogP contribution in [0, 0.1) is 5.92 Å². The van der Waals surface area contributed by atoms with Crippen LogP contribution in [-0.2, 0) is 4.79 Å². The summed E-state index contributed by atoms with van der Waals surface area (Å²) in [6.07, 6.45) is 0. The van der Waals surface area contributed by atoms with Crippen LogP contribution < -0.4 is 0 Å². The number of thioether (sulfide) groups is 1. The van der Waals surface area contributed by atoms with Gasteiger partial charge in [0.2, 0.25) is 0 Å². The lowest BCUT2D eigenvalue weighted by Crippen LogP contribution is -2.28. The molecule has 2 heteroatoms. The summed E-state index contributed by atoms with van der Waals surface area (Å²) >= 11 is 1.89. The number of benzene rings is 1. The highest BCUT2D eigenvalue weighted by Gasteiger charge is 2.29. The molecule has 1 fully saturated rings. The van der Waals surface area contributed by atoms with E-state index in [4.69, 9.17) is 0 Å². The molecule has 0 aliphatic carbocycles. The second-order valence-electron chi connectivity index (χ2n) is 3.80. The quantitative estimate of drug-likeness (QED) is 0.702. The molecular weight excluding hydrogens is 192 g/mol. The van der Waals surface area contributed by atoms with Gasteiger partial charge in [0.05, 0.1) is 5.92 Å². The second kappa shape index (κ2) is 4.18. The van der Waals surface area contributed by atoms with Crippen molar-refractivity contribution < 1.29 is 4.79 Å². The zero-order valence-corrected chi connectivity index (χ0v) is 9.09. The van der Waals surface area contributed by atoms with E-state index in [0.717, 1.165) is 11.5 Å². The first-order valence-corrected chi connectivity index (χ1v) is 6.11. The zero-order valence-electron chi connectivity index (χ0n) is 8.27. The monoisotopic (exact) mass is 206 g/mol. The number of rotatable bonds is 1. The van der Waals surface area contributed by atoms with E-state index in [1.807, 2.05) is 36.9 Å². The number of carbonyl (C=O) groups excluding carboxylic acids is 1. The predicted molar refractivity (Wildman–Crippen MR) is 60.7 cm³/mol. The highest BCUT2D eigenvalue weighted by Crippen LogP contribution is 2.31. The van der Waals surface area contributed by atoms with Gasteiger partial charge in [0.15, 0.2) is 0 Å². The Balaban J connectivity index is 2.22. The van der Waals surface area contributed by atoms with Crippen LogP contribution >= 0.6 is 11.8 Å². The summed E-state index contributed by atoms with van der Waals surface area (Å²) in [6, 6.07) is 10.1. The molecule has 0 radical (unpaired) electrons. The minimum absolute atomic E-state index is 0.130. The first kappa shape index (κ1) is 9.78. The first-order chi connectivity index (χ1) is 6.79. The third kappa shape index (κ3) is 1.85. The maximum atomic E-state index is 11.9. The van der Waals surface area contributed by atoms with Crippen LogP contribution in [-0.4, -0.2) is 17.3 Å². The number of carbonyl (C=O) groups is 1. The van der Waals surface area contributed by atoms with Gasteiger partial charge in [-0.1, -0.05) is 37.3 Å². The van der Waals surface area contributed by atoms with Crippen molar-refractivity contribution in [2.75, 3.05) is 11.5 Å². The summed E-state index contributed by atoms with van der Waals surface area (Å²) in [4.78, 5) is 11.9. The number of ketones is 1. The minimum Gasteiger partial charge on any atom is -0.299 e. The van der Waals surface area contributed by atoms with Crippen LogP contribution in [0.3, 0.4) is 0 Å². The Kier molecular flexibility index (Phi) is 2.92. The van der Waals surface area contributed by atoms with E-state index >= 15 is 0 Å². The Bertz CT molecular complexity index is 320. The molecule has 0 spiro atoms. The number of hydrogen-bond donors (Lipinski definition) is 0. The van der Waals surface area contributed by atoms with E-state index in [-0.39, 0.29) is 11.8 Å². The average molecular weight is 206 g/mol. The average Bonchev–Trinajstić information content (AvgIpc) is 2.23. The van der Waals surface area contributed by atoms with Crippen molar-refractivity contribution in [2.24, 2.45) is 5.92 Å². The highest BCUT2D eigenvalue weighted by atomic mass is 32.2. The Morgan fingerprint density at radius 2 is 1.93 bits per heavy atom. The van der Waals surface area contributed by atoms with Gasteiger partial charge in [-0.2, -0.15) is 11.8 Å². The van der Waals surface area contributed by atoms with E-state index in [2.05, 4.69) is 12.1 Å². The van der Waals surface area contributed by atoms with Crippen LogP contribution in [0.15, 0.2) is 30.3 Å². The third-order valence-electron chi connectivity index (χ3n) is 2.68. The minimum atomic E-state index is 0.130. The van der Waals surface area contributed by atoms with Gasteiger partial charge in [0.1, 0.15) is 5.78 Å². The summed E-state index contributed by atoms with van der Waals surface area (Å²) in [5.41, 5.74) is 1.18. The number of Topliss-reactive ketones (excluding diaryl/α,β-unsaturated/α-hetero) is 1. The zero-order chi connectivity index (χ0) is 9.97. The molecule has 0 bridgehead atoms. The molecule has 1 saturated heterocycles. The lowest BCUT2D eigenvalue weighted by atomic mass is 9.90. The molecule has 1 aromatic rings. The van der Waals surface area contributed by atoms with Gasteiger partial charge in [-0.15, -0.1) is 0 Å². The maximum Gasteiger partial charge on any atom is 0.144 e. The fraction of sp³-hybridized carbons (Fsp3) is 0.417. The molecule has 1 aliphatic heterocycles. The molecule has 0 N–H and O–H groups in total. The standard InChI is InChI=1S/C12H14OS/c1-9-7-14-8-11(12(9)13)10-5-3-2-4-6-10/h2-6,9,11H,7-8H2,1H3. The molecular formula is C12H14OS. The molecule has 0 amide bonds. The van der Waals surface area contributed by atoms with Gasteiger partial charge < -0.3 is 0 Å². The fourth-order valence-corrected chi connectivity index (χ4v) is 3.06. The van der Waals surface area contributed by atoms with Crippen molar-refractivity contribution in [3.63, 3.8) is 0 Å². The topological polar surface area (TPSA) is 17.1 Å². The van der Waals surface area contributed by atoms with Gasteiger partial charge in [-0.25, -0.2) is 0 Å². The fourth-order valence-electron chi connectivity index (χ4n) is 1.82. The van der Waals surface area contributed by atoms with E-state index in [1.54, 1.807) is 0 Å². The Morgan fingerprint density at radius 3 is 2.64 bits per heavy atom. The molecule has 74 valence electrons. The normalized spacial score (nSPS) is 27.6. The molecule has 1 heterocycles. The van der Waals surface area contributed by atoms with Crippen LogP contribution in [0.2, 0.25) is 0 Å². The van der Waals surface area contributed by atoms with Crippen molar-refractivity contribution >= 4 is 17.5 Å². The molecule has 0 aromatic heterocycles. The van der Waals surface area contributed by atoms with E-state index in [9.17, 15) is 4.79 Å². The van der Waals surface area contributed by atoms with Crippen molar-refractivity contribution in [3.8, 4) is 0 Å². The first-order valence-electron chi connectivity index (χ1n) is 4.95. The maximum absolute atomic E-state index is 11.9. The lowest BCUT2D eigenvalue weighted by molar-refractivity contribution is -0.123. The van der Waals surface area contributed by atoms with Gasteiger partial charge in [-0.3, -0.25) is 4.79 Å². The molecule has 2 atom stereocenters. The molecule has 1 aromatic carbocycles. The van der Waals surface area contributed by atoms with Crippen LogP contribution in [0.1, 0.15) is 18.4 Å². The molecule has 1 nitrogen and oxygen atoms in total. The summed E-state index contributed by atoms with van der Waals surface area (Å²) in [5.74, 6) is 2.70. The van der Waals surface area contributed by atoms with Crippen LogP contribution in [0.25, 0.3) is 0 Å². The molecule has 2 rings (SSSR count). The van der Waals surface area contributed by atoms with Crippen molar-refractivity contribution in [1.82, 2.24) is 0 Å². The summed E-state index contributed by atoms with van der Waals surface area (Å²) in [7, 11) is 0. The Morgan fingerprint density at radius 1 is 1.21 bits per heavy atom. The summed E-state index contributed by atoms with van der Waals surface area (Å²) in [5, 5.41) is 0. The molecule has 14 heavy (non-hydrogen) atoms. The summed E-state index contributed by atoms with van der Waals surface area (Å²) in [6.45, 7) is 2.03. The molecule has 2 unspecified atom stereocenters. The highest BCUT2D eigenvalue weighted by molar-refractivity contribution is 7.99. The second-order valence-corrected chi connectivity index (χ2v) is 4.88. The van der Waals surface area contributed by atoms with Crippen molar-refractivity contribution in [2.45, 2.75) is 12.8 Å². The van der Waals surface area contributed by atoms with Crippen LogP contribution in [0.4, 0.5) is 0 Å². The third-order valence-corrected chi connectivity index (χ3v) is 3.99. The van der Waals surface area contributed by atoms with Crippen molar-refractivity contribution in [3.05, 3.63) is 35.9 Å². The summed E-state index contributed by atoms with van der Waals surface area (Å²) < 4.78 is 0. The SMILES string of the molecule is CC1CSCC(c2ccccc2)C1=O. The number of hydrogen-bond acceptors (Lipinski definition) is 2. The van der Waals surface area contributed by atoms with E-state index in [1.165, 1.54) is 5.56 Å². The van der Waals surface area contributed by atoms with Gasteiger partial charge in [0.25, 0.3) is 0 Å². The van der Waals surface area contributed by atoms with Gasteiger partial charge >= 0.3 is 0 Å². The Labute approximate surface area is 88.9 Å². The predicted octanol–water partition coefficient (Wildman–Crippen LogP) is 2.72. The lowest BCUT2D eigenvalue weighted by Gasteiger charge is -2.25. The smallest absolute Gasteiger partial charge is 0.144 e. The van der Waals surface area contributed by atoms with E-state index < -0.39 is 0 Å². The van der Waals surface area contributed by atoms with Crippen LogP contribution in [0.5, 0.6) is 0 Å². The largest absolute Gasteiger partial charge is 0.299 e. The molecule has 1 aliphatic rings. The Hall–Kier alpha value is -0.760. The van der Waals surface area contributed by atoms with Gasteiger partial charge in [0, 0.05) is 17.4 Å². The van der Waals surface area contributed by atoms with Crippen molar-refractivity contribution in [1.29, 1.82) is 0 Å².